The molecule has 2 rings (SSSR count). The van der Waals surface area contributed by atoms with Gasteiger partial charge in [0.2, 0.25) is 0 Å². The van der Waals surface area contributed by atoms with Crippen molar-refractivity contribution in [1.29, 1.82) is 0 Å². The van der Waals surface area contributed by atoms with Gasteiger partial charge in [-0.1, -0.05) is 6.07 Å². The van der Waals surface area contributed by atoms with Crippen LogP contribution in [0.3, 0.4) is 0 Å². The van der Waals surface area contributed by atoms with Crippen LogP contribution in [0.1, 0.15) is 5.56 Å². The minimum Gasteiger partial charge on any atom is -0.504 e. The summed E-state index contributed by atoms with van der Waals surface area (Å²) in [4.78, 5) is 11.7. The fraction of sp³-hybridized carbons (Fsp3) is 0.438. The molecule has 5 atom stereocenters. The number of carbonyl (C=O) groups is 1. The zero-order valence-corrected chi connectivity index (χ0v) is 13.3. The minimum absolute atomic E-state index is 0.0371. The van der Waals surface area contributed by atoms with E-state index >= 15 is 0 Å². The number of ether oxygens (including phenoxy) is 3. The Bertz CT molecular complexity index is 630. The largest absolute Gasteiger partial charge is 0.504 e. The Balaban J connectivity index is 1.90. The van der Waals surface area contributed by atoms with Crippen molar-refractivity contribution in [3.63, 3.8) is 0 Å². The molecule has 0 radical (unpaired) electrons. The van der Waals surface area contributed by atoms with Gasteiger partial charge in [0.05, 0.1) is 7.11 Å². The molecular weight excluding hydrogens is 336 g/mol. The summed E-state index contributed by atoms with van der Waals surface area (Å²) in [5.41, 5.74) is 0.578. The molecule has 0 spiro atoms. The van der Waals surface area contributed by atoms with E-state index in [4.69, 9.17) is 14.2 Å². The van der Waals surface area contributed by atoms with Crippen LogP contribution < -0.4 is 4.74 Å². The number of hydrogen-bond acceptors (Lipinski definition) is 9. The number of aliphatic hydroxyl groups excluding tert-OH is 4. The lowest BCUT2D eigenvalue weighted by atomic mass is 9.99. The fourth-order valence-electron chi connectivity index (χ4n) is 2.24. The molecule has 9 nitrogen and oxygen atoms in total. The van der Waals surface area contributed by atoms with E-state index in [9.17, 15) is 30.3 Å². The van der Waals surface area contributed by atoms with Crippen molar-refractivity contribution in [2.45, 2.75) is 30.7 Å². The van der Waals surface area contributed by atoms with Gasteiger partial charge in [0.15, 0.2) is 17.8 Å². The van der Waals surface area contributed by atoms with Gasteiger partial charge in [-0.2, -0.15) is 0 Å². The summed E-state index contributed by atoms with van der Waals surface area (Å²) in [5, 5.41) is 47.5. The molecule has 0 aromatic heterocycles. The summed E-state index contributed by atoms with van der Waals surface area (Å²) >= 11 is 0. The van der Waals surface area contributed by atoms with Crippen molar-refractivity contribution in [2.75, 3.05) is 13.7 Å². The van der Waals surface area contributed by atoms with Crippen molar-refractivity contribution in [3.05, 3.63) is 29.8 Å². The van der Waals surface area contributed by atoms with E-state index in [1.807, 2.05) is 0 Å². The highest BCUT2D eigenvalue weighted by Crippen LogP contribution is 2.26. The first-order chi connectivity index (χ1) is 11.8. The number of aliphatic hydroxyl groups is 4. The van der Waals surface area contributed by atoms with Crippen LogP contribution in [-0.4, -0.2) is 75.9 Å². The fourth-order valence-corrected chi connectivity index (χ4v) is 2.24. The molecule has 1 saturated heterocycles. The molecule has 1 aromatic carbocycles. The van der Waals surface area contributed by atoms with Crippen LogP contribution in [0.4, 0.5) is 0 Å². The molecule has 1 fully saturated rings. The average Bonchev–Trinajstić information content (AvgIpc) is 2.61. The SMILES string of the molecule is COc1cc(C=CC(=O)OC[C@H]2OC(O)[C@H](O)[C@@H](O)[C@@H]2O)ccc1O. The van der Waals surface area contributed by atoms with Crippen molar-refractivity contribution in [2.24, 2.45) is 0 Å². The first-order valence-electron chi connectivity index (χ1n) is 7.43. The Morgan fingerprint density at radius 1 is 1.20 bits per heavy atom. The lowest BCUT2D eigenvalue weighted by molar-refractivity contribution is -0.287. The third kappa shape index (κ3) is 4.68. The highest BCUT2D eigenvalue weighted by atomic mass is 16.6. The second kappa shape index (κ2) is 8.28. The molecule has 138 valence electrons. The van der Waals surface area contributed by atoms with E-state index in [1.54, 1.807) is 6.07 Å². The van der Waals surface area contributed by atoms with Crippen molar-refractivity contribution in [3.8, 4) is 11.5 Å². The smallest absolute Gasteiger partial charge is 0.330 e. The van der Waals surface area contributed by atoms with Crippen LogP contribution >= 0.6 is 0 Å². The van der Waals surface area contributed by atoms with Gasteiger partial charge in [0.1, 0.15) is 31.0 Å². The van der Waals surface area contributed by atoms with Crippen molar-refractivity contribution >= 4 is 12.0 Å². The molecule has 25 heavy (non-hydrogen) atoms. The van der Waals surface area contributed by atoms with Gasteiger partial charge in [-0.3, -0.25) is 0 Å². The van der Waals surface area contributed by atoms with Crippen LogP contribution in [0.25, 0.3) is 6.08 Å². The summed E-state index contributed by atoms with van der Waals surface area (Å²) in [7, 11) is 1.39. The highest BCUT2D eigenvalue weighted by Gasteiger charge is 2.43. The maximum absolute atomic E-state index is 11.7. The molecule has 1 unspecified atom stereocenters. The normalized spacial score (nSPS) is 29.6. The van der Waals surface area contributed by atoms with E-state index in [2.05, 4.69) is 0 Å². The number of phenols is 1. The molecule has 1 aliphatic heterocycles. The zero-order valence-electron chi connectivity index (χ0n) is 13.3. The van der Waals surface area contributed by atoms with Crippen LogP contribution in [0, 0.1) is 0 Å². The molecule has 0 saturated carbocycles. The average molecular weight is 356 g/mol. The third-order valence-corrected chi connectivity index (χ3v) is 3.69. The number of rotatable bonds is 5. The molecule has 0 bridgehead atoms. The van der Waals surface area contributed by atoms with Crippen LogP contribution in [0.15, 0.2) is 24.3 Å². The maximum atomic E-state index is 11.7. The van der Waals surface area contributed by atoms with E-state index in [-0.39, 0.29) is 11.5 Å². The number of esters is 1. The second-order valence-corrected chi connectivity index (χ2v) is 5.43. The zero-order chi connectivity index (χ0) is 18.6. The van der Waals surface area contributed by atoms with Gasteiger partial charge < -0.3 is 39.7 Å². The van der Waals surface area contributed by atoms with Gasteiger partial charge in [-0.15, -0.1) is 0 Å². The molecule has 1 aliphatic rings. The lowest BCUT2D eigenvalue weighted by Gasteiger charge is -2.37. The van der Waals surface area contributed by atoms with Crippen LogP contribution in [0.5, 0.6) is 11.5 Å². The Morgan fingerprint density at radius 3 is 2.60 bits per heavy atom. The molecule has 0 amide bonds. The lowest BCUT2D eigenvalue weighted by Crippen LogP contribution is -2.58. The standard InChI is InChI=1S/C16H20O9/c1-23-10-6-8(2-4-9(10)17)3-5-12(18)24-7-11-13(19)14(20)15(21)16(22)25-11/h2-6,11,13-17,19-22H,7H2,1H3/t11-,13-,14+,15-,16?/m1/s1. The topological polar surface area (TPSA) is 146 Å². The Labute approximate surface area is 143 Å². The van der Waals surface area contributed by atoms with Gasteiger partial charge in [0, 0.05) is 6.08 Å². The van der Waals surface area contributed by atoms with E-state index in [1.165, 1.54) is 25.3 Å². The summed E-state index contributed by atoms with van der Waals surface area (Å²) < 4.78 is 14.7. The third-order valence-electron chi connectivity index (χ3n) is 3.69. The van der Waals surface area contributed by atoms with E-state index in [0.717, 1.165) is 6.08 Å². The van der Waals surface area contributed by atoms with Gasteiger partial charge in [-0.25, -0.2) is 4.79 Å². The monoisotopic (exact) mass is 356 g/mol. The summed E-state index contributed by atoms with van der Waals surface area (Å²) in [6.45, 7) is -0.427. The first kappa shape index (κ1) is 19.2. The predicted octanol–water partition coefficient (Wildman–Crippen LogP) is -1.24. The van der Waals surface area contributed by atoms with Gasteiger partial charge in [0.25, 0.3) is 0 Å². The Hall–Kier alpha value is -2.17. The van der Waals surface area contributed by atoms with E-state index in [0.29, 0.717) is 5.56 Å². The van der Waals surface area contributed by atoms with Crippen LogP contribution in [-0.2, 0) is 14.3 Å². The minimum atomic E-state index is -1.69. The molecule has 9 heteroatoms. The first-order valence-corrected chi connectivity index (χ1v) is 7.43. The second-order valence-electron chi connectivity index (χ2n) is 5.43. The molecular formula is C16H20O9. The molecule has 1 heterocycles. The van der Waals surface area contributed by atoms with Gasteiger partial charge >= 0.3 is 5.97 Å². The van der Waals surface area contributed by atoms with Gasteiger partial charge in [-0.05, 0) is 23.8 Å². The van der Waals surface area contributed by atoms with Crippen molar-refractivity contribution < 1.29 is 44.5 Å². The maximum Gasteiger partial charge on any atom is 0.330 e. The van der Waals surface area contributed by atoms with Crippen LogP contribution in [0.2, 0.25) is 0 Å². The number of phenolic OH excluding ortho intramolecular Hbond substituents is 1. The van der Waals surface area contributed by atoms with Crippen molar-refractivity contribution in [1.82, 2.24) is 0 Å². The summed E-state index contributed by atoms with van der Waals surface area (Å²) in [6.07, 6.45) is -5.12. The number of benzene rings is 1. The number of hydrogen-bond donors (Lipinski definition) is 5. The predicted molar refractivity (Wildman–Crippen MR) is 83.6 cm³/mol. The molecule has 0 aliphatic carbocycles. The summed E-state index contributed by atoms with van der Waals surface area (Å²) in [5.74, 6) is -0.543. The Morgan fingerprint density at radius 2 is 1.92 bits per heavy atom. The number of methoxy groups -OCH3 is 1. The number of carbonyl (C=O) groups excluding carboxylic acids is 1. The highest BCUT2D eigenvalue weighted by molar-refractivity contribution is 5.87. The van der Waals surface area contributed by atoms with E-state index < -0.39 is 43.3 Å². The molecule has 1 aromatic rings. The molecule has 5 N–H and O–H groups in total. The summed E-state index contributed by atoms with van der Waals surface area (Å²) in [6, 6.07) is 4.48. The number of aromatic hydroxyl groups is 1. The Kier molecular flexibility index (Phi) is 6.34. The quantitative estimate of drug-likeness (QED) is 0.323.